The van der Waals surface area contributed by atoms with Crippen molar-refractivity contribution < 1.29 is 0 Å². The van der Waals surface area contributed by atoms with Gasteiger partial charge in [-0.3, -0.25) is 4.99 Å². The van der Waals surface area contributed by atoms with Crippen molar-refractivity contribution in [2.24, 2.45) is 4.99 Å². The molecule has 0 amide bonds. The second-order valence-corrected chi connectivity index (χ2v) is 2.24. The van der Waals surface area contributed by atoms with Gasteiger partial charge in [0.05, 0.1) is 0 Å². The topological polar surface area (TPSA) is 12.4 Å². The Hall–Kier alpha value is -0.820. The molecule has 1 aromatic carbocycles. The second kappa shape index (κ2) is 3.37. The van der Waals surface area contributed by atoms with Crippen LogP contribution in [0.15, 0.2) is 35.3 Å². The van der Waals surface area contributed by atoms with Gasteiger partial charge in [-0.05, 0) is 0 Å². The van der Waals surface area contributed by atoms with Gasteiger partial charge in [-0.25, -0.2) is 0 Å². The van der Waals surface area contributed by atoms with Crippen molar-refractivity contribution >= 4 is 16.8 Å². The molecule has 0 saturated heterocycles. The van der Waals surface area contributed by atoms with Crippen LogP contribution in [0.4, 0.5) is 0 Å². The summed E-state index contributed by atoms with van der Waals surface area (Å²) >= 11 is 5.74. The van der Waals surface area contributed by atoms with Crippen molar-refractivity contribution in [1.82, 2.24) is 0 Å². The fraction of sp³-hybridized carbons (Fsp3) is 0.125. The number of rotatable bonds is 1. The predicted molar refractivity (Wildman–Crippen MR) is 44.8 cm³/mol. The third-order valence-electron chi connectivity index (χ3n) is 1.21. The molecule has 2 heteroatoms. The van der Waals surface area contributed by atoms with E-state index in [0.717, 1.165) is 5.56 Å². The van der Waals surface area contributed by atoms with Gasteiger partial charge in [0.1, 0.15) is 5.17 Å². The van der Waals surface area contributed by atoms with Gasteiger partial charge in [-0.15, -0.1) is 0 Å². The molecule has 0 fully saturated rings. The van der Waals surface area contributed by atoms with Crippen LogP contribution in [-0.4, -0.2) is 12.2 Å². The largest absolute Gasteiger partial charge is 0.276 e. The third kappa shape index (κ3) is 1.58. The minimum Gasteiger partial charge on any atom is -0.276 e. The minimum atomic E-state index is 0.556. The van der Waals surface area contributed by atoms with E-state index < -0.39 is 0 Å². The number of hydrogen-bond acceptors (Lipinski definition) is 1. The Morgan fingerprint density at radius 1 is 1.30 bits per heavy atom. The lowest BCUT2D eigenvalue weighted by Gasteiger charge is -1.93. The summed E-state index contributed by atoms with van der Waals surface area (Å²) in [6.07, 6.45) is 0. The molecule has 0 radical (unpaired) electrons. The highest BCUT2D eigenvalue weighted by molar-refractivity contribution is 6.69. The average molecular weight is 154 g/mol. The van der Waals surface area contributed by atoms with E-state index in [1.807, 2.05) is 30.3 Å². The van der Waals surface area contributed by atoms with Gasteiger partial charge in [-0.2, -0.15) is 0 Å². The first-order valence-electron chi connectivity index (χ1n) is 3.02. The van der Waals surface area contributed by atoms with Crippen molar-refractivity contribution in [3.63, 3.8) is 0 Å². The van der Waals surface area contributed by atoms with E-state index in [0.29, 0.717) is 5.17 Å². The molecule has 52 valence electrons. The number of nitrogens with zero attached hydrogens (tertiary/aromatic N) is 1. The lowest BCUT2D eigenvalue weighted by atomic mass is 10.2. The molecule has 0 unspecified atom stereocenters. The monoisotopic (exact) mass is 153 g/mol. The summed E-state index contributed by atoms with van der Waals surface area (Å²) in [6.45, 7) is 0. The summed E-state index contributed by atoms with van der Waals surface area (Å²) in [7, 11) is 1.68. The van der Waals surface area contributed by atoms with Crippen molar-refractivity contribution in [1.29, 1.82) is 0 Å². The molecular formula is C8H8ClN. The first-order chi connectivity index (χ1) is 4.84. The van der Waals surface area contributed by atoms with Gasteiger partial charge in [0.2, 0.25) is 0 Å². The van der Waals surface area contributed by atoms with Crippen LogP contribution in [-0.2, 0) is 0 Å². The van der Waals surface area contributed by atoms with E-state index in [2.05, 4.69) is 4.99 Å². The molecule has 0 heterocycles. The predicted octanol–water partition coefficient (Wildman–Crippen LogP) is 2.30. The standard InChI is InChI=1S/C8H8ClN/c1-10-8(9)7-5-3-2-4-6-7/h2-6H,1H3/b10-8-. The Morgan fingerprint density at radius 2 is 1.90 bits per heavy atom. The molecule has 0 N–H and O–H groups in total. The van der Waals surface area contributed by atoms with Gasteiger partial charge in [0.15, 0.2) is 0 Å². The highest BCUT2D eigenvalue weighted by Crippen LogP contribution is 2.03. The van der Waals surface area contributed by atoms with Crippen LogP contribution in [0.2, 0.25) is 0 Å². The average Bonchev–Trinajstić information content (AvgIpc) is 2.05. The van der Waals surface area contributed by atoms with Crippen LogP contribution in [0.1, 0.15) is 5.56 Å². The second-order valence-electron chi connectivity index (χ2n) is 1.88. The maximum Gasteiger partial charge on any atom is 0.130 e. The number of hydrogen-bond donors (Lipinski definition) is 0. The summed E-state index contributed by atoms with van der Waals surface area (Å²) in [5, 5.41) is 0.556. The smallest absolute Gasteiger partial charge is 0.130 e. The van der Waals surface area contributed by atoms with Gasteiger partial charge in [0, 0.05) is 12.6 Å². The van der Waals surface area contributed by atoms with Gasteiger partial charge in [-0.1, -0.05) is 41.9 Å². The molecular weight excluding hydrogens is 146 g/mol. The van der Waals surface area contributed by atoms with Crippen LogP contribution in [0.25, 0.3) is 0 Å². The fourth-order valence-electron chi connectivity index (χ4n) is 0.705. The van der Waals surface area contributed by atoms with Gasteiger partial charge in [0.25, 0.3) is 0 Å². The zero-order chi connectivity index (χ0) is 7.40. The molecule has 0 aliphatic carbocycles. The quantitative estimate of drug-likeness (QED) is 0.549. The van der Waals surface area contributed by atoms with E-state index in [1.54, 1.807) is 7.05 Å². The highest BCUT2D eigenvalue weighted by Gasteiger charge is 1.93. The SMILES string of the molecule is C/N=C(\Cl)c1ccccc1. The zero-order valence-electron chi connectivity index (χ0n) is 5.71. The normalized spacial score (nSPS) is 11.6. The van der Waals surface area contributed by atoms with Crippen LogP contribution in [0, 0.1) is 0 Å². The van der Waals surface area contributed by atoms with Crippen molar-refractivity contribution in [3.8, 4) is 0 Å². The molecule has 0 atom stereocenters. The minimum absolute atomic E-state index is 0.556. The van der Waals surface area contributed by atoms with E-state index in [4.69, 9.17) is 11.6 Å². The fourth-order valence-corrected chi connectivity index (χ4v) is 0.831. The lowest BCUT2D eigenvalue weighted by molar-refractivity contribution is 1.45. The summed E-state index contributed by atoms with van der Waals surface area (Å²) in [6, 6.07) is 9.67. The number of aliphatic imine (C=N–C) groups is 1. The van der Waals surface area contributed by atoms with Crippen molar-refractivity contribution in [3.05, 3.63) is 35.9 Å². The van der Waals surface area contributed by atoms with Crippen LogP contribution in [0.3, 0.4) is 0 Å². The number of halogens is 1. The molecule has 0 aliphatic rings. The first-order valence-corrected chi connectivity index (χ1v) is 3.40. The van der Waals surface area contributed by atoms with E-state index in [-0.39, 0.29) is 0 Å². The van der Waals surface area contributed by atoms with Crippen molar-refractivity contribution in [2.45, 2.75) is 0 Å². The van der Waals surface area contributed by atoms with Gasteiger partial charge < -0.3 is 0 Å². The van der Waals surface area contributed by atoms with E-state index >= 15 is 0 Å². The maximum atomic E-state index is 5.74. The van der Waals surface area contributed by atoms with E-state index in [9.17, 15) is 0 Å². The summed E-state index contributed by atoms with van der Waals surface area (Å²) in [5.41, 5.74) is 0.965. The molecule has 1 aromatic rings. The highest BCUT2D eigenvalue weighted by atomic mass is 35.5. The van der Waals surface area contributed by atoms with Crippen LogP contribution in [0.5, 0.6) is 0 Å². The molecule has 10 heavy (non-hydrogen) atoms. The summed E-state index contributed by atoms with van der Waals surface area (Å²) < 4.78 is 0. The maximum absolute atomic E-state index is 5.74. The third-order valence-corrected chi connectivity index (χ3v) is 1.60. The Balaban J connectivity index is 2.96. The Labute approximate surface area is 65.4 Å². The summed E-state index contributed by atoms with van der Waals surface area (Å²) in [4.78, 5) is 3.84. The molecule has 0 bridgehead atoms. The number of benzene rings is 1. The Bertz CT molecular complexity index is 228. The Kier molecular flexibility index (Phi) is 2.46. The molecule has 0 saturated carbocycles. The van der Waals surface area contributed by atoms with E-state index in [1.165, 1.54) is 0 Å². The molecule has 0 aromatic heterocycles. The van der Waals surface area contributed by atoms with Gasteiger partial charge >= 0.3 is 0 Å². The molecule has 1 rings (SSSR count). The van der Waals surface area contributed by atoms with Crippen LogP contribution >= 0.6 is 11.6 Å². The van der Waals surface area contributed by atoms with Crippen molar-refractivity contribution in [2.75, 3.05) is 7.05 Å². The first kappa shape index (κ1) is 7.29. The molecule has 0 spiro atoms. The summed E-state index contributed by atoms with van der Waals surface area (Å²) in [5.74, 6) is 0. The zero-order valence-corrected chi connectivity index (χ0v) is 6.47. The van der Waals surface area contributed by atoms with Crippen LogP contribution < -0.4 is 0 Å². The molecule has 1 nitrogen and oxygen atoms in total. The molecule has 0 aliphatic heterocycles. The Morgan fingerprint density at radius 3 is 2.40 bits per heavy atom. The lowest BCUT2D eigenvalue weighted by Crippen LogP contribution is -1.88.